The average Bonchev–Trinajstić information content (AvgIpc) is 2.85. The van der Waals surface area contributed by atoms with Crippen molar-refractivity contribution in [2.24, 2.45) is 5.73 Å². The van der Waals surface area contributed by atoms with Gasteiger partial charge in [-0.15, -0.1) is 0 Å². The highest BCUT2D eigenvalue weighted by Crippen LogP contribution is 2.44. The fourth-order valence-corrected chi connectivity index (χ4v) is 3.43. The van der Waals surface area contributed by atoms with Crippen molar-refractivity contribution >= 4 is 0 Å². The van der Waals surface area contributed by atoms with Crippen molar-refractivity contribution in [1.82, 2.24) is 0 Å². The molecule has 1 aliphatic carbocycles. The minimum atomic E-state index is 0.156. The molecule has 3 heteroatoms. The van der Waals surface area contributed by atoms with E-state index >= 15 is 0 Å². The molecule has 2 aliphatic rings. The molecule has 1 heterocycles. The van der Waals surface area contributed by atoms with Crippen LogP contribution in [0, 0.1) is 6.92 Å². The van der Waals surface area contributed by atoms with E-state index in [1.807, 2.05) is 0 Å². The first kappa shape index (κ1) is 11.8. The number of aryl methyl sites for hydroxylation is 1. The Kier molecular flexibility index (Phi) is 2.94. The minimum Gasteiger partial charge on any atom is -0.454 e. The lowest BCUT2D eigenvalue weighted by atomic mass is 9.68. The second kappa shape index (κ2) is 4.47. The third kappa shape index (κ3) is 1.77. The average molecular weight is 247 g/mol. The van der Waals surface area contributed by atoms with Crippen LogP contribution in [0.1, 0.15) is 43.2 Å². The predicted octanol–water partition coefficient (Wildman–Crippen LogP) is 2.88. The molecule has 0 saturated heterocycles. The van der Waals surface area contributed by atoms with Crippen molar-refractivity contribution in [2.45, 2.75) is 44.4 Å². The molecule has 1 aromatic carbocycles. The second-order valence-corrected chi connectivity index (χ2v) is 5.57. The molecule has 0 radical (unpaired) electrons. The Hall–Kier alpha value is -1.22. The predicted molar refractivity (Wildman–Crippen MR) is 71.1 cm³/mol. The molecular formula is C15H21NO2. The smallest absolute Gasteiger partial charge is 0.231 e. The van der Waals surface area contributed by atoms with E-state index in [9.17, 15) is 0 Å². The molecular weight excluding hydrogens is 226 g/mol. The Morgan fingerprint density at radius 3 is 2.44 bits per heavy atom. The van der Waals surface area contributed by atoms with Gasteiger partial charge in [0, 0.05) is 12.0 Å². The molecule has 0 unspecified atom stereocenters. The van der Waals surface area contributed by atoms with E-state index in [2.05, 4.69) is 19.1 Å². The minimum absolute atomic E-state index is 0.156. The van der Waals surface area contributed by atoms with Crippen LogP contribution in [0.5, 0.6) is 11.5 Å². The fraction of sp³-hybridized carbons (Fsp3) is 0.600. The van der Waals surface area contributed by atoms with Gasteiger partial charge in [0.1, 0.15) is 0 Å². The van der Waals surface area contributed by atoms with Gasteiger partial charge in [-0.3, -0.25) is 0 Å². The fourth-order valence-electron chi connectivity index (χ4n) is 3.43. The van der Waals surface area contributed by atoms with Crippen molar-refractivity contribution in [3.63, 3.8) is 0 Å². The number of benzene rings is 1. The molecule has 0 spiro atoms. The standard InChI is InChI=1S/C15H21NO2/c1-11-7-13-14(18-10-17-13)8-12(11)15(9-16)5-3-2-4-6-15/h7-8H,2-6,9-10,16H2,1H3. The molecule has 0 aromatic heterocycles. The van der Waals surface area contributed by atoms with Crippen LogP contribution in [0.4, 0.5) is 0 Å². The SMILES string of the molecule is Cc1cc2c(cc1C1(CN)CCCCC1)OCO2. The number of hydrogen-bond donors (Lipinski definition) is 1. The van der Waals surface area contributed by atoms with Crippen molar-refractivity contribution < 1.29 is 9.47 Å². The lowest BCUT2D eigenvalue weighted by molar-refractivity contribution is 0.174. The summed E-state index contributed by atoms with van der Waals surface area (Å²) in [7, 11) is 0. The summed E-state index contributed by atoms with van der Waals surface area (Å²) in [6.07, 6.45) is 6.30. The quantitative estimate of drug-likeness (QED) is 0.874. The monoisotopic (exact) mass is 247 g/mol. The second-order valence-electron chi connectivity index (χ2n) is 5.57. The Morgan fingerprint density at radius 2 is 1.78 bits per heavy atom. The molecule has 1 aromatic rings. The maximum Gasteiger partial charge on any atom is 0.231 e. The molecule has 18 heavy (non-hydrogen) atoms. The number of fused-ring (bicyclic) bond motifs is 1. The first-order valence-electron chi connectivity index (χ1n) is 6.86. The molecule has 0 amide bonds. The van der Waals surface area contributed by atoms with Gasteiger partial charge in [-0.1, -0.05) is 19.3 Å². The molecule has 3 rings (SSSR count). The van der Waals surface area contributed by atoms with E-state index in [4.69, 9.17) is 15.2 Å². The van der Waals surface area contributed by atoms with Crippen LogP contribution in [0.2, 0.25) is 0 Å². The highest BCUT2D eigenvalue weighted by atomic mass is 16.7. The summed E-state index contributed by atoms with van der Waals surface area (Å²) in [5, 5.41) is 0. The number of nitrogens with two attached hydrogens (primary N) is 1. The van der Waals surface area contributed by atoms with Gasteiger partial charge in [-0.05, 0) is 43.0 Å². The largest absolute Gasteiger partial charge is 0.454 e. The highest BCUT2D eigenvalue weighted by molar-refractivity contribution is 5.51. The first-order chi connectivity index (χ1) is 8.75. The molecule has 1 fully saturated rings. The Bertz CT molecular complexity index is 450. The summed E-state index contributed by atoms with van der Waals surface area (Å²) in [6, 6.07) is 4.26. The Morgan fingerprint density at radius 1 is 1.11 bits per heavy atom. The van der Waals surface area contributed by atoms with E-state index in [0.29, 0.717) is 6.79 Å². The van der Waals surface area contributed by atoms with Gasteiger partial charge in [-0.25, -0.2) is 0 Å². The highest BCUT2D eigenvalue weighted by Gasteiger charge is 2.35. The van der Waals surface area contributed by atoms with Crippen LogP contribution in [0.25, 0.3) is 0 Å². The molecule has 0 bridgehead atoms. The van der Waals surface area contributed by atoms with Gasteiger partial charge in [0.05, 0.1) is 0 Å². The lowest BCUT2D eigenvalue weighted by Crippen LogP contribution is -2.37. The van der Waals surface area contributed by atoms with Gasteiger partial charge in [0.15, 0.2) is 11.5 Å². The number of hydrogen-bond acceptors (Lipinski definition) is 3. The molecule has 1 saturated carbocycles. The van der Waals surface area contributed by atoms with Crippen LogP contribution in [-0.4, -0.2) is 13.3 Å². The van der Waals surface area contributed by atoms with E-state index in [-0.39, 0.29) is 5.41 Å². The molecule has 0 atom stereocenters. The van der Waals surface area contributed by atoms with E-state index in [1.54, 1.807) is 0 Å². The van der Waals surface area contributed by atoms with E-state index in [1.165, 1.54) is 43.2 Å². The third-order valence-electron chi connectivity index (χ3n) is 4.49. The maximum absolute atomic E-state index is 6.11. The van der Waals surface area contributed by atoms with Gasteiger partial charge in [0.25, 0.3) is 0 Å². The van der Waals surface area contributed by atoms with E-state index in [0.717, 1.165) is 18.0 Å². The molecule has 1 aliphatic heterocycles. The zero-order valence-electron chi connectivity index (χ0n) is 11.0. The summed E-state index contributed by atoms with van der Waals surface area (Å²) >= 11 is 0. The van der Waals surface area contributed by atoms with Crippen molar-refractivity contribution in [3.8, 4) is 11.5 Å². The Labute approximate surface area is 108 Å². The van der Waals surface area contributed by atoms with Crippen molar-refractivity contribution in [1.29, 1.82) is 0 Å². The number of ether oxygens (including phenoxy) is 2. The maximum atomic E-state index is 6.11. The normalized spacial score (nSPS) is 21.0. The molecule has 3 nitrogen and oxygen atoms in total. The summed E-state index contributed by atoms with van der Waals surface area (Å²) in [4.78, 5) is 0. The summed E-state index contributed by atoms with van der Waals surface area (Å²) in [5.41, 5.74) is 8.92. The first-order valence-corrected chi connectivity index (χ1v) is 6.86. The van der Waals surface area contributed by atoms with Crippen LogP contribution in [0.3, 0.4) is 0 Å². The molecule has 2 N–H and O–H groups in total. The van der Waals surface area contributed by atoms with Crippen molar-refractivity contribution in [2.75, 3.05) is 13.3 Å². The molecule has 98 valence electrons. The van der Waals surface area contributed by atoms with Crippen LogP contribution < -0.4 is 15.2 Å². The lowest BCUT2D eigenvalue weighted by Gasteiger charge is -2.38. The van der Waals surface area contributed by atoms with Crippen molar-refractivity contribution in [3.05, 3.63) is 23.3 Å². The summed E-state index contributed by atoms with van der Waals surface area (Å²) in [6.45, 7) is 3.23. The van der Waals surface area contributed by atoms with Gasteiger partial charge < -0.3 is 15.2 Å². The Balaban J connectivity index is 2.04. The zero-order chi connectivity index (χ0) is 12.6. The number of rotatable bonds is 2. The van der Waals surface area contributed by atoms with Gasteiger partial charge in [0.2, 0.25) is 6.79 Å². The van der Waals surface area contributed by atoms with Gasteiger partial charge in [-0.2, -0.15) is 0 Å². The topological polar surface area (TPSA) is 44.5 Å². The summed E-state index contributed by atoms with van der Waals surface area (Å²) < 4.78 is 10.9. The van der Waals surface area contributed by atoms with Crippen LogP contribution >= 0.6 is 0 Å². The van der Waals surface area contributed by atoms with Crippen LogP contribution in [0.15, 0.2) is 12.1 Å². The zero-order valence-corrected chi connectivity index (χ0v) is 11.0. The van der Waals surface area contributed by atoms with Gasteiger partial charge >= 0.3 is 0 Å². The van der Waals surface area contributed by atoms with Crippen LogP contribution in [-0.2, 0) is 5.41 Å². The third-order valence-corrected chi connectivity index (χ3v) is 4.49. The van der Waals surface area contributed by atoms with E-state index < -0.39 is 0 Å². The summed E-state index contributed by atoms with van der Waals surface area (Å²) in [5.74, 6) is 1.76.